The van der Waals surface area contributed by atoms with Gasteiger partial charge in [-0.15, -0.1) is 24.0 Å². The van der Waals surface area contributed by atoms with Crippen molar-refractivity contribution in [3.05, 3.63) is 0 Å². The molecule has 0 radical (unpaired) electrons. The van der Waals surface area contributed by atoms with Crippen LogP contribution < -0.4 is 10.6 Å². The highest BCUT2D eigenvalue weighted by Crippen LogP contribution is 1.90. The van der Waals surface area contributed by atoms with Crippen molar-refractivity contribution in [2.75, 3.05) is 39.5 Å². The molecule has 5 nitrogen and oxygen atoms in total. The molecule has 0 rings (SSSR count). The number of ether oxygens (including phenoxy) is 1. The fourth-order valence-electron chi connectivity index (χ4n) is 1.17. The number of aliphatic imine (C=N–C) groups is 1. The van der Waals surface area contributed by atoms with E-state index in [0.29, 0.717) is 6.54 Å². The monoisotopic (exact) mass is 359 g/mol. The summed E-state index contributed by atoms with van der Waals surface area (Å²) in [6.07, 6.45) is 2.06. The van der Waals surface area contributed by atoms with Crippen molar-refractivity contribution >= 4 is 29.9 Å². The molecule has 0 aliphatic rings. The van der Waals surface area contributed by atoms with Gasteiger partial charge in [-0.25, -0.2) is 0 Å². The molecule has 0 bridgehead atoms. The van der Waals surface area contributed by atoms with Gasteiger partial charge in [0.15, 0.2) is 5.96 Å². The van der Waals surface area contributed by atoms with Gasteiger partial charge in [-0.2, -0.15) is 0 Å². The summed E-state index contributed by atoms with van der Waals surface area (Å²) in [7, 11) is 0. The third kappa shape index (κ3) is 13.9. The standard InChI is InChI=1S/C11H25N3O2.HI/c1-3-12-11(14-8-9-15)13-7-5-6-10-16-4-2;/h15H,3-10H2,1-2H3,(H2,12,13,14);1H. The van der Waals surface area contributed by atoms with Crippen LogP contribution in [0.15, 0.2) is 4.99 Å². The number of hydrogen-bond donors (Lipinski definition) is 3. The lowest BCUT2D eigenvalue weighted by molar-refractivity contribution is 0.144. The topological polar surface area (TPSA) is 65.9 Å². The van der Waals surface area contributed by atoms with Crippen molar-refractivity contribution in [3.63, 3.8) is 0 Å². The molecular weight excluding hydrogens is 333 g/mol. The third-order valence-corrected chi connectivity index (χ3v) is 1.92. The summed E-state index contributed by atoms with van der Waals surface area (Å²) in [5.41, 5.74) is 0. The van der Waals surface area contributed by atoms with E-state index in [1.807, 2.05) is 13.8 Å². The van der Waals surface area contributed by atoms with Crippen LogP contribution in [-0.4, -0.2) is 50.5 Å². The molecule has 3 N–H and O–H groups in total. The van der Waals surface area contributed by atoms with Gasteiger partial charge in [-0.1, -0.05) is 0 Å². The van der Waals surface area contributed by atoms with Crippen LogP contribution in [0.4, 0.5) is 0 Å². The number of guanidine groups is 1. The number of halogens is 1. The summed E-state index contributed by atoms with van der Waals surface area (Å²) in [4.78, 5) is 4.38. The van der Waals surface area contributed by atoms with Crippen LogP contribution >= 0.6 is 24.0 Å². The van der Waals surface area contributed by atoms with Gasteiger partial charge < -0.3 is 20.5 Å². The van der Waals surface area contributed by atoms with Crippen LogP contribution in [0, 0.1) is 0 Å². The average Bonchev–Trinajstić information content (AvgIpc) is 2.30. The second-order valence-electron chi connectivity index (χ2n) is 3.32. The molecule has 6 heteroatoms. The SMILES string of the molecule is CCNC(=NCCCCOCC)NCCO.I. The number of aliphatic hydroxyl groups is 1. The molecule has 0 heterocycles. The predicted molar refractivity (Wildman–Crippen MR) is 82.2 cm³/mol. The fraction of sp³-hybridized carbons (Fsp3) is 0.909. The van der Waals surface area contributed by atoms with Crippen molar-refractivity contribution in [3.8, 4) is 0 Å². The zero-order valence-corrected chi connectivity index (χ0v) is 13.2. The van der Waals surface area contributed by atoms with E-state index in [0.717, 1.165) is 45.1 Å². The molecule has 0 aromatic heterocycles. The van der Waals surface area contributed by atoms with Gasteiger partial charge in [0.25, 0.3) is 0 Å². The molecule has 0 saturated heterocycles. The van der Waals surface area contributed by atoms with Crippen LogP contribution in [0.2, 0.25) is 0 Å². The Bertz CT molecular complexity index is 180. The molecule has 0 saturated carbocycles. The number of nitrogens with one attached hydrogen (secondary N) is 2. The second-order valence-corrected chi connectivity index (χ2v) is 3.32. The van der Waals surface area contributed by atoms with Crippen LogP contribution in [-0.2, 0) is 4.74 Å². The Morgan fingerprint density at radius 2 is 2.00 bits per heavy atom. The molecule has 0 spiro atoms. The largest absolute Gasteiger partial charge is 0.395 e. The number of aliphatic hydroxyl groups excluding tert-OH is 1. The van der Waals surface area contributed by atoms with Crippen molar-refractivity contribution in [2.45, 2.75) is 26.7 Å². The third-order valence-electron chi connectivity index (χ3n) is 1.92. The molecule has 0 aliphatic heterocycles. The first-order valence-corrected chi connectivity index (χ1v) is 6.05. The average molecular weight is 359 g/mol. The Labute approximate surface area is 121 Å². The minimum Gasteiger partial charge on any atom is -0.395 e. The first kappa shape index (κ1) is 19.3. The van der Waals surface area contributed by atoms with E-state index in [9.17, 15) is 0 Å². The van der Waals surface area contributed by atoms with Crippen molar-refractivity contribution in [2.24, 2.45) is 4.99 Å². The molecule has 0 atom stereocenters. The number of rotatable bonds is 9. The second kappa shape index (κ2) is 15.9. The van der Waals surface area contributed by atoms with E-state index in [1.165, 1.54) is 0 Å². The first-order chi connectivity index (χ1) is 7.85. The molecule has 0 fully saturated rings. The quantitative estimate of drug-likeness (QED) is 0.248. The lowest BCUT2D eigenvalue weighted by Crippen LogP contribution is -2.38. The van der Waals surface area contributed by atoms with Crippen molar-refractivity contribution in [1.82, 2.24) is 10.6 Å². The van der Waals surface area contributed by atoms with E-state index in [4.69, 9.17) is 9.84 Å². The smallest absolute Gasteiger partial charge is 0.191 e. The van der Waals surface area contributed by atoms with Gasteiger partial charge in [-0.05, 0) is 26.7 Å². The Kier molecular flexibility index (Phi) is 18.0. The zero-order chi connectivity index (χ0) is 12.1. The summed E-state index contributed by atoms with van der Waals surface area (Å²) < 4.78 is 5.24. The summed E-state index contributed by atoms with van der Waals surface area (Å²) in [6, 6.07) is 0. The maximum atomic E-state index is 8.69. The normalized spacial score (nSPS) is 10.9. The molecule has 104 valence electrons. The van der Waals surface area contributed by atoms with Crippen LogP contribution in [0.1, 0.15) is 26.7 Å². The highest BCUT2D eigenvalue weighted by atomic mass is 127. The molecule has 0 aliphatic carbocycles. The van der Waals surface area contributed by atoms with Crippen molar-refractivity contribution < 1.29 is 9.84 Å². The van der Waals surface area contributed by atoms with E-state index in [2.05, 4.69) is 15.6 Å². The van der Waals surface area contributed by atoms with Gasteiger partial charge in [0.2, 0.25) is 0 Å². The molecule has 0 aromatic carbocycles. The van der Waals surface area contributed by atoms with Gasteiger partial charge in [0.05, 0.1) is 6.61 Å². The molecular formula is C11H26IN3O2. The van der Waals surface area contributed by atoms with Gasteiger partial charge in [-0.3, -0.25) is 4.99 Å². The minimum atomic E-state index is 0. The van der Waals surface area contributed by atoms with E-state index in [-0.39, 0.29) is 30.6 Å². The molecule has 0 aromatic rings. The molecule has 0 amide bonds. The molecule has 17 heavy (non-hydrogen) atoms. The summed E-state index contributed by atoms with van der Waals surface area (Å²) >= 11 is 0. The Hall–Kier alpha value is -0.0800. The van der Waals surface area contributed by atoms with E-state index in [1.54, 1.807) is 0 Å². The lowest BCUT2D eigenvalue weighted by Gasteiger charge is -2.09. The van der Waals surface area contributed by atoms with Gasteiger partial charge in [0, 0.05) is 32.8 Å². The highest BCUT2D eigenvalue weighted by molar-refractivity contribution is 14.0. The summed E-state index contributed by atoms with van der Waals surface area (Å²) in [5, 5.41) is 14.8. The fourth-order valence-corrected chi connectivity index (χ4v) is 1.17. The zero-order valence-electron chi connectivity index (χ0n) is 10.9. The van der Waals surface area contributed by atoms with E-state index < -0.39 is 0 Å². The number of nitrogens with zero attached hydrogens (tertiary/aromatic N) is 1. The first-order valence-electron chi connectivity index (χ1n) is 6.05. The summed E-state index contributed by atoms with van der Waals surface area (Å²) in [6.45, 7) is 7.88. The van der Waals surface area contributed by atoms with Crippen LogP contribution in [0.25, 0.3) is 0 Å². The minimum absolute atomic E-state index is 0. The van der Waals surface area contributed by atoms with Gasteiger partial charge in [0.1, 0.15) is 0 Å². The van der Waals surface area contributed by atoms with Crippen molar-refractivity contribution in [1.29, 1.82) is 0 Å². The Morgan fingerprint density at radius 3 is 2.59 bits per heavy atom. The maximum absolute atomic E-state index is 8.69. The van der Waals surface area contributed by atoms with E-state index >= 15 is 0 Å². The predicted octanol–water partition coefficient (Wildman–Crippen LogP) is 0.968. The maximum Gasteiger partial charge on any atom is 0.191 e. The van der Waals surface area contributed by atoms with Gasteiger partial charge >= 0.3 is 0 Å². The van der Waals surface area contributed by atoms with Crippen LogP contribution in [0.5, 0.6) is 0 Å². The lowest BCUT2D eigenvalue weighted by atomic mass is 10.3. The molecule has 0 unspecified atom stereocenters. The Balaban J connectivity index is 0. The Morgan fingerprint density at radius 1 is 1.24 bits per heavy atom. The number of unbranched alkanes of at least 4 members (excludes halogenated alkanes) is 1. The number of hydrogen-bond acceptors (Lipinski definition) is 3. The summed E-state index contributed by atoms with van der Waals surface area (Å²) in [5.74, 6) is 0.771. The van der Waals surface area contributed by atoms with Crippen LogP contribution in [0.3, 0.4) is 0 Å². The highest BCUT2D eigenvalue weighted by Gasteiger charge is 1.94.